The van der Waals surface area contributed by atoms with Crippen LogP contribution < -0.4 is 0 Å². The number of imidazole rings is 1. The molecule has 5 nitrogen and oxygen atoms in total. The molecular weight excluding hydrogens is 426 g/mol. The van der Waals surface area contributed by atoms with Crippen LogP contribution in [0, 0.1) is 0 Å². The molecule has 4 rings (SSSR count). The standard InChI is InChI=1S/C26H24F2N2O3/c1-3-30-22-17-20(26(27,28)24(31)33-4-2)15-16-21(22)29-23(30)25(32,18-11-7-5-8-12-18)19-13-9-6-10-14-19/h5-17,32H,3-4H2,1-2H3. The van der Waals surface area contributed by atoms with Gasteiger partial charge in [-0.2, -0.15) is 8.78 Å². The molecule has 4 aromatic rings. The van der Waals surface area contributed by atoms with Crippen molar-refractivity contribution in [1.29, 1.82) is 0 Å². The number of ether oxygens (including phenoxy) is 1. The fraction of sp³-hybridized carbons (Fsp3) is 0.231. The molecule has 33 heavy (non-hydrogen) atoms. The van der Waals surface area contributed by atoms with Crippen LogP contribution in [0.4, 0.5) is 8.78 Å². The second-order valence-electron chi connectivity index (χ2n) is 7.62. The van der Waals surface area contributed by atoms with Gasteiger partial charge in [0.1, 0.15) is 0 Å². The van der Waals surface area contributed by atoms with Crippen molar-refractivity contribution in [2.45, 2.75) is 31.9 Å². The molecule has 0 amide bonds. The van der Waals surface area contributed by atoms with Crippen molar-refractivity contribution < 1.29 is 23.4 Å². The molecule has 0 fully saturated rings. The van der Waals surface area contributed by atoms with Gasteiger partial charge in [0, 0.05) is 12.1 Å². The lowest BCUT2D eigenvalue weighted by atomic mass is 9.85. The molecule has 0 spiro atoms. The van der Waals surface area contributed by atoms with Crippen LogP contribution in [-0.2, 0) is 27.6 Å². The van der Waals surface area contributed by atoms with Crippen LogP contribution in [0.15, 0.2) is 78.9 Å². The molecule has 3 aromatic carbocycles. The van der Waals surface area contributed by atoms with E-state index in [1.807, 2.05) is 43.3 Å². The maximum Gasteiger partial charge on any atom is 0.381 e. The molecule has 0 saturated heterocycles. The van der Waals surface area contributed by atoms with Gasteiger partial charge in [-0.1, -0.05) is 66.7 Å². The van der Waals surface area contributed by atoms with Gasteiger partial charge in [-0.15, -0.1) is 0 Å². The molecule has 1 heterocycles. The number of benzene rings is 3. The number of nitrogens with zero attached hydrogens (tertiary/aromatic N) is 2. The van der Waals surface area contributed by atoms with E-state index in [4.69, 9.17) is 0 Å². The highest BCUT2D eigenvalue weighted by atomic mass is 19.3. The van der Waals surface area contributed by atoms with Gasteiger partial charge in [-0.25, -0.2) is 9.78 Å². The summed E-state index contributed by atoms with van der Waals surface area (Å²) in [4.78, 5) is 16.5. The second-order valence-corrected chi connectivity index (χ2v) is 7.62. The number of carbonyl (C=O) groups excluding carboxylic acids is 1. The van der Waals surface area contributed by atoms with Crippen molar-refractivity contribution >= 4 is 17.0 Å². The highest BCUT2D eigenvalue weighted by Gasteiger charge is 2.44. The van der Waals surface area contributed by atoms with Gasteiger partial charge in [-0.05, 0) is 37.1 Å². The van der Waals surface area contributed by atoms with E-state index in [2.05, 4.69) is 9.72 Å². The Bertz CT molecular complexity index is 1230. The average Bonchev–Trinajstić information content (AvgIpc) is 3.23. The maximum absolute atomic E-state index is 14.7. The van der Waals surface area contributed by atoms with Crippen LogP contribution in [0.1, 0.15) is 36.4 Å². The Hall–Kier alpha value is -3.58. The lowest BCUT2D eigenvalue weighted by Crippen LogP contribution is -2.32. The van der Waals surface area contributed by atoms with Gasteiger partial charge < -0.3 is 14.4 Å². The molecular formula is C26H24F2N2O3. The third-order valence-corrected chi connectivity index (χ3v) is 5.67. The number of esters is 1. The first-order valence-electron chi connectivity index (χ1n) is 10.7. The quantitative estimate of drug-likeness (QED) is 0.403. The van der Waals surface area contributed by atoms with E-state index < -0.39 is 23.1 Å². The lowest BCUT2D eigenvalue weighted by molar-refractivity contribution is -0.173. The van der Waals surface area contributed by atoms with Gasteiger partial charge in [-0.3, -0.25) is 0 Å². The molecule has 0 aliphatic rings. The third kappa shape index (κ3) is 3.78. The van der Waals surface area contributed by atoms with E-state index in [9.17, 15) is 18.7 Å². The topological polar surface area (TPSA) is 64.3 Å². The molecule has 0 saturated carbocycles. The van der Waals surface area contributed by atoms with E-state index in [0.717, 1.165) is 0 Å². The second kappa shape index (κ2) is 8.75. The summed E-state index contributed by atoms with van der Waals surface area (Å²) in [7, 11) is 0. The van der Waals surface area contributed by atoms with Crippen LogP contribution in [0.2, 0.25) is 0 Å². The molecule has 0 aliphatic heterocycles. The van der Waals surface area contributed by atoms with Crippen LogP contribution >= 0.6 is 0 Å². The zero-order valence-electron chi connectivity index (χ0n) is 18.3. The average molecular weight is 450 g/mol. The Morgan fingerprint density at radius 1 is 0.939 bits per heavy atom. The van der Waals surface area contributed by atoms with E-state index in [1.165, 1.54) is 25.1 Å². The van der Waals surface area contributed by atoms with Gasteiger partial charge in [0.25, 0.3) is 0 Å². The predicted octanol–water partition coefficient (Wildman–Crippen LogP) is 5.00. The number of rotatable bonds is 7. The van der Waals surface area contributed by atoms with Crippen molar-refractivity contribution in [3.05, 3.63) is 101 Å². The summed E-state index contributed by atoms with van der Waals surface area (Å²) in [5, 5.41) is 12.1. The van der Waals surface area contributed by atoms with Crippen molar-refractivity contribution in [2.75, 3.05) is 6.61 Å². The molecule has 170 valence electrons. The number of fused-ring (bicyclic) bond motifs is 1. The van der Waals surface area contributed by atoms with E-state index >= 15 is 0 Å². The number of aliphatic hydroxyl groups is 1. The number of carbonyl (C=O) groups is 1. The lowest BCUT2D eigenvalue weighted by Gasteiger charge is -2.29. The number of hydrogen-bond donors (Lipinski definition) is 1. The zero-order chi connectivity index (χ0) is 23.6. The van der Waals surface area contributed by atoms with Crippen LogP contribution in [0.3, 0.4) is 0 Å². The first-order valence-corrected chi connectivity index (χ1v) is 10.7. The Balaban J connectivity index is 1.95. The molecule has 0 unspecified atom stereocenters. The molecule has 0 bridgehead atoms. The summed E-state index contributed by atoms with van der Waals surface area (Å²) in [5.41, 5.74) is -0.101. The molecule has 1 N–H and O–H groups in total. The van der Waals surface area contributed by atoms with Gasteiger partial charge in [0.05, 0.1) is 17.6 Å². The highest BCUT2D eigenvalue weighted by Crippen LogP contribution is 2.39. The monoisotopic (exact) mass is 450 g/mol. The fourth-order valence-electron chi connectivity index (χ4n) is 4.04. The zero-order valence-corrected chi connectivity index (χ0v) is 18.3. The minimum absolute atomic E-state index is 0.144. The Kier molecular flexibility index (Phi) is 5.99. The van der Waals surface area contributed by atoms with Crippen molar-refractivity contribution in [2.24, 2.45) is 0 Å². The SMILES string of the molecule is CCOC(=O)C(F)(F)c1ccc2nc(C(O)(c3ccccc3)c3ccccc3)n(CC)c2c1. The molecule has 1 aromatic heterocycles. The van der Waals surface area contributed by atoms with E-state index in [1.54, 1.807) is 28.8 Å². The van der Waals surface area contributed by atoms with Crippen LogP contribution in [-0.4, -0.2) is 27.2 Å². The van der Waals surface area contributed by atoms with Crippen molar-refractivity contribution in [1.82, 2.24) is 9.55 Å². The molecule has 0 radical (unpaired) electrons. The maximum atomic E-state index is 14.7. The third-order valence-electron chi connectivity index (χ3n) is 5.67. The normalized spacial score (nSPS) is 12.2. The van der Waals surface area contributed by atoms with E-state index in [-0.39, 0.29) is 6.61 Å². The van der Waals surface area contributed by atoms with Crippen molar-refractivity contribution in [3.63, 3.8) is 0 Å². The minimum atomic E-state index is -3.80. The summed E-state index contributed by atoms with van der Waals surface area (Å²) < 4.78 is 35.7. The van der Waals surface area contributed by atoms with Gasteiger partial charge >= 0.3 is 11.9 Å². The number of alkyl halides is 2. The smallest absolute Gasteiger partial charge is 0.381 e. The first-order chi connectivity index (χ1) is 15.8. The predicted molar refractivity (Wildman–Crippen MR) is 121 cm³/mol. The van der Waals surface area contributed by atoms with Crippen LogP contribution in [0.25, 0.3) is 11.0 Å². The van der Waals surface area contributed by atoms with Crippen LogP contribution in [0.5, 0.6) is 0 Å². The first kappa shape index (κ1) is 22.6. The van der Waals surface area contributed by atoms with Crippen molar-refractivity contribution in [3.8, 4) is 0 Å². The summed E-state index contributed by atoms with van der Waals surface area (Å²) in [6.45, 7) is 3.54. The Morgan fingerprint density at radius 3 is 2.03 bits per heavy atom. The fourth-order valence-corrected chi connectivity index (χ4v) is 4.04. The van der Waals surface area contributed by atoms with Gasteiger partial charge in [0.15, 0.2) is 11.4 Å². The van der Waals surface area contributed by atoms with Gasteiger partial charge in [0.2, 0.25) is 0 Å². The summed E-state index contributed by atoms with van der Waals surface area (Å²) in [6, 6.07) is 22.0. The minimum Gasteiger partial charge on any atom is -0.461 e. The molecule has 7 heteroatoms. The number of hydrogen-bond acceptors (Lipinski definition) is 4. The Labute approximate surface area is 190 Å². The number of aromatic nitrogens is 2. The number of halogens is 2. The molecule has 0 atom stereocenters. The summed E-state index contributed by atoms with van der Waals surface area (Å²) in [5.74, 6) is -5.10. The highest BCUT2D eigenvalue weighted by molar-refractivity contribution is 5.83. The summed E-state index contributed by atoms with van der Waals surface area (Å²) in [6.07, 6.45) is 0. The Morgan fingerprint density at radius 2 is 1.52 bits per heavy atom. The molecule has 0 aliphatic carbocycles. The number of aryl methyl sites for hydroxylation is 1. The van der Waals surface area contributed by atoms with E-state index in [0.29, 0.717) is 34.5 Å². The largest absolute Gasteiger partial charge is 0.461 e. The summed E-state index contributed by atoms with van der Waals surface area (Å²) >= 11 is 0.